The summed E-state index contributed by atoms with van der Waals surface area (Å²) in [6, 6.07) is -8.08. The molecular formula is C66H110ClF4N11O11. The van der Waals surface area contributed by atoms with E-state index in [0.717, 1.165) is 19.6 Å². The number of nitrogens with one attached hydrogen (secondary N) is 4. The Morgan fingerprint density at radius 3 is 1.67 bits per heavy atom. The molecule has 3 unspecified atom stereocenters. The van der Waals surface area contributed by atoms with Gasteiger partial charge in [0.15, 0.2) is 0 Å². The summed E-state index contributed by atoms with van der Waals surface area (Å²) in [7, 11) is 9.80. The van der Waals surface area contributed by atoms with Crippen LogP contribution < -0.4 is 21.3 Å². The molecule has 4 aliphatic rings. The molecule has 0 bridgehead atoms. The first-order chi connectivity index (χ1) is 43.2. The predicted molar refractivity (Wildman–Crippen MR) is 345 cm³/mol. The first-order valence-electron chi connectivity index (χ1n) is 33.6. The SMILES string of the molecule is CC[C@H](C)[C@@H]1NC(=O)[C@H](C(C)C)N(C)C(=O)C[C@@H](C)NC(=O)[C@H](CC(C)C)N(C)C(=O)C2(CCCC2)NC(=O)[C@H](CC(C)C)N(C)C(=O)[C@H](CCC2CCC(C(F)(F)F)C(F)C2)NC(=O)CN(C)C(=O)[C@H](CC2CCC(Cl)CC2)N(C)C(=O)CN(C)C(=O)CN(C)C1=O. The molecule has 93 heavy (non-hydrogen) atoms. The molecule has 0 radical (unpaired) electrons. The summed E-state index contributed by atoms with van der Waals surface area (Å²) in [6.07, 6.45) is -3.54. The molecule has 530 valence electrons. The summed E-state index contributed by atoms with van der Waals surface area (Å²) in [5.74, 6) is -11.3. The monoisotopic (exact) mass is 1340 g/mol. The number of hydrogen-bond donors (Lipinski definition) is 4. The van der Waals surface area contributed by atoms with Gasteiger partial charge >= 0.3 is 6.18 Å². The van der Waals surface area contributed by atoms with Gasteiger partial charge in [-0.2, -0.15) is 13.2 Å². The van der Waals surface area contributed by atoms with Crippen LogP contribution in [0.4, 0.5) is 17.6 Å². The van der Waals surface area contributed by atoms with E-state index in [-0.39, 0.29) is 80.9 Å². The molecule has 0 aromatic rings. The highest BCUT2D eigenvalue weighted by molar-refractivity contribution is 6.20. The summed E-state index contributed by atoms with van der Waals surface area (Å²) < 4.78 is 56.7. The molecule has 22 nitrogen and oxygen atoms in total. The fourth-order valence-electron chi connectivity index (χ4n) is 13.7. The molecule has 4 rings (SSSR count). The number of rotatable bonds is 12. The molecule has 1 saturated heterocycles. The maximum absolute atomic E-state index is 15.2. The molecule has 4 fully saturated rings. The standard InChI is InChI=1S/C66H110ClF4N11O11/c1-17-41(8)56-63(92)78(12)36-54(85)76(10)37-55(86)79(13)51(34-44-20-24-45(67)25-21-44)62(91)77(11)35-52(83)73-48(27-23-43-22-26-46(47(68)33-43)66(69,70)71)61(90)80(14)50(31-39(4)5)59(88)75-65(28-18-19-29-65)64(93)81(15)49(30-38(2)3)58(87)72-42(9)32-53(84)82(16)57(40(6)7)60(89)74-56/h38-51,56-57H,17-37H2,1-16H3,(H,72,87)(H,73,83)(H,74,89)(H,75,88)/t41-,42+,43?,44?,45?,46?,47?,48-,49-,50-,51-,56-,57-/m0/s1. The van der Waals surface area contributed by atoms with Gasteiger partial charge in [-0.05, 0) is 132 Å². The highest BCUT2D eigenvalue weighted by Gasteiger charge is 2.50. The van der Waals surface area contributed by atoms with Crippen LogP contribution in [0.1, 0.15) is 178 Å². The van der Waals surface area contributed by atoms with E-state index in [1.807, 2.05) is 34.6 Å². The minimum atomic E-state index is -4.75. The Morgan fingerprint density at radius 1 is 0.581 bits per heavy atom. The van der Waals surface area contributed by atoms with Crippen molar-refractivity contribution in [3.63, 3.8) is 0 Å². The maximum Gasteiger partial charge on any atom is 0.394 e. The van der Waals surface area contributed by atoms with Gasteiger partial charge in [-0.3, -0.25) is 52.7 Å². The molecule has 3 saturated carbocycles. The summed E-state index contributed by atoms with van der Waals surface area (Å²) in [5, 5.41) is 11.4. The highest BCUT2D eigenvalue weighted by Crippen LogP contribution is 2.43. The Bertz CT molecular complexity index is 2600. The molecular weight excluding hydrogens is 1230 g/mol. The number of alkyl halides is 5. The number of likely N-dealkylation sites (N-methyl/N-ethyl adjacent to an activating group) is 7. The number of hydrogen-bond acceptors (Lipinski definition) is 11. The molecule has 11 amide bonds. The summed E-state index contributed by atoms with van der Waals surface area (Å²) in [5.41, 5.74) is -1.54. The van der Waals surface area contributed by atoms with Crippen molar-refractivity contribution in [3.8, 4) is 0 Å². The lowest BCUT2D eigenvalue weighted by Gasteiger charge is -2.39. The van der Waals surface area contributed by atoms with Gasteiger partial charge in [0.05, 0.1) is 25.6 Å². The third-order valence-corrected chi connectivity index (χ3v) is 20.2. The first kappa shape index (κ1) is 79.6. The third-order valence-electron chi connectivity index (χ3n) is 19.8. The Balaban J connectivity index is 1.83. The van der Waals surface area contributed by atoms with Gasteiger partial charge in [0.25, 0.3) is 0 Å². The van der Waals surface area contributed by atoms with Gasteiger partial charge in [0, 0.05) is 67.2 Å². The number of carbonyl (C=O) groups is 11. The van der Waals surface area contributed by atoms with Gasteiger partial charge in [-0.15, -0.1) is 11.6 Å². The van der Waals surface area contributed by atoms with Crippen LogP contribution in [0.15, 0.2) is 0 Å². The Hall–Kier alpha value is -5.82. The van der Waals surface area contributed by atoms with E-state index >= 15 is 18.8 Å². The predicted octanol–water partition coefficient (Wildman–Crippen LogP) is 6.06. The highest BCUT2D eigenvalue weighted by atomic mass is 35.5. The average Bonchev–Trinajstić information content (AvgIpc) is 1.77. The van der Waals surface area contributed by atoms with Gasteiger partial charge < -0.3 is 55.6 Å². The average molecular weight is 1350 g/mol. The Morgan fingerprint density at radius 2 is 1.13 bits per heavy atom. The largest absolute Gasteiger partial charge is 0.394 e. The zero-order valence-electron chi connectivity index (χ0n) is 58.1. The van der Waals surface area contributed by atoms with E-state index in [2.05, 4.69) is 21.3 Å². The third kappa shape index (κ3) is 22.1. The second-order valence-electron chi connectivity index (χ2n) is 28.7. The normalized spacial score (nSPS) is 30.2. The molecule has 11 atom stereocenters. The molecule has 3 aliphatic carbocycles. The van der Waals surface area contributed by atoms with Crippen molar-refractivity contribution in [3.05, 3.63) is 0 Å². The molecule has 0 aromatic carbocycles. The van der Waals surface area contributed by atoms with E-state index < -0.39 is 181 Å². The van der Waals surface area contributed by atoms with Gasteiger partial charge in [0.1, 0.15) is 48.0 Å². The number of nitrogens with zero attached hydrogens (tertiary/aromatic N) is 7. The topological polar surface area (TPSA) is 259 Å². The number of amides is 11. The first-order valence-corrected chi connectivity index (χ1v) is 34.0. The number of carbonyl (C=O) groups excluding carboxylic acids is 11. The van der Waals surface area contributed by atoms with E-state index in [4.69, 9.17) is 11.6 Å². The fraction of sp³-hybridized carbons (Fsp3) is 0.833. The fourth-order valence-corrected chi connectivity index (χ4v) is 14.0. The molecule has 1 aliphatic heterocycles. The van der Waals surface area contributed by atoms with Crippen LogP contribution in [0.5, 0.6) is 0 Å². The summed E-state index contributed by atoms with van der Waals surface area (Å²) in [6.45, 7) is 14.4. The van der Waals surface area contributed by atoms with Crippen molar-refractivity contribution in [1.82, 2.24) is 55.6 Å². The van der Waals surface area contributed by atoms with E-state index in [1.54, 1.807) is 27.7 Å². The smallest absolute Gasteiger partial charge is 0.351 e. The van der Waals surface area contributed by atoms with Crippen LogP contribution in [-0.2, 0) is 52.7 Å². The van der Waals surface area contributed by atoms with Crippen LogP contribution >= 0.6 is 11.6 Å². The van der Waals surface area contributed by atoms with Crippen LogP contribution in [0.3, 0.4) is 0 Å². The molecule has 0 aromatic heterocycles. The second kappa shape index (κ2) is 35.3. The molecule has 1 spiro atoms. The Kier molecular flexibility index (Phi) is 30.2. The minimum absolute atomic E-state index is 0.00497. The molecule has 1 heterocycles. The van der Waals surface area contributed by atoms with Crippen molar-refractivity contribution in [1.29, 1.82) is 0 Å². The van der Waals surface area contributed by atoms with E-state index in [9.17, 15) is 51.5 Å². The quantitative estimate of drug-likeness (QED) is 0.129. The van der Waals surface area contributed by atoms with Gasteiger partial charge in [-0.1, -0.05) is 74.7 Å². The lowest BCUT2D eigenvalue weighted by molar-refractivity contribution is -0.201. The minimum Gasteiger partial charge on any atom is -0.351 e. The zero-order chi connectivity index (χ0) is 70.3. The van der Waals surface area contributed by atoms with Crippen LogP contribution in [0.2, 0.25) is 0 Å². The van der Waals surface area contributed by atoms with Crippen molar-refractivity contribution < 1.29 is 70.3 Å². The lowest BCUT2D eigenvalue weighted by atomic mass is 9.78. The summed E-state index contributed by atoms with van der Waals surface area (Å²) in [4.78, 5) is 169. The van der Waals surface area contributed by atoms with E-state index in [0.29, 0.717) is 44.9 Å². The van der Waals surface area contributed by atoms with Crippen LogP contribution in [0, 0.1) is 41.4 Å². The Labute approximate surface area is 554 Å². The van der Waals surface area contributed by atoms with Crippen molar-refractivity contribution >= 4 is 76.6 Å². The zero-order valence-corrected chi connectivity index (χ0v) is 58.9. The number of halogens is 5. The molecule has 27 heteroatoms. The second-order valence-corrected chi connectivity index (χ2v) is 29.3. The van der Waals surface area contributed by atoms with Crippen molar-refractivity contribution in [2.75, 3.05) is 69.0 Å². The van der Waals surface area contributed by atoms with Gasteiger partial charge in [-0.25, -0.2) is 4.39 Å². The lowest BCUT2D eigenvalue weighted by Crippen LogP contribution is -2.64. The van der Waals surface area contributed by atoms with Gasteiger partial charge in [0.2, 0.25) is 65.0 Å². The van der Waals surface area contributed by atoms with Crippen molar-refractivity contribution in [2.45, 2.75) is 243 Å². The molecule has 4 N–H and O–H groups in total. The summed E-state index contributed by atoms with van der Waals surface area (Å²) >= 11 is 6.48. The van der Waals surface area contributed by atoms with Crippen molar-refractivity contribution in [2.24, 2.45) is 41.4 Å². The van der Waals surface area contributed by atoms with Crippen LogP contribution in [0.25, 0.3) is 0 Å². The maximum atomic E-state index is 15.2. The van der Waals surface area contributed by atoms with Crippen LogP contribution in [-0.4, -0.2) is 234 Å². The van der Waals surface area contributed by atoms with E-state index in [1.165, 1.54) is 64.0 Å².